The van der Waals surface area contributed by atoms with Crippen molar-refractivity contribution in [2.45, 2.75) is 56.4 Å². The molecule has 2 aliphatic heterocycles. The summed E-state index contributed by atoms with van der Waals surface area (Å²) in [5.41, 5.74) is 4.49. The first kappa shape index (κ1) is 29.1. The van der Waals surface area contributed by atoms with E-state index in [1.165, 1.54) is 11.8 Å². The molecule has 1 fully saturated rings. The molecule has 3 aromatic rings. The standard InChI is InChI=1S/C29H35ClN6O4S/c1-17(2)41(38,39)25-9-7-6-8-22(25)32-28-21(30)14-31-29(34-28)33-23-12-18(3)26(20-13-19(4)40-27(20)23)24-15-36(16-37)11-10-35(24)5/h6-9,12,14,16-17,19,24H,10-11,13,15H2,1-5H3,(H2,31,32,33,34). The van der Waals surface area contributed by atoms with Gasteiger partial charge in [-0.05, 0) is 64.1 Å². The molecule has 2 N–H and O–H groups in total. The summed E-state index contributed by atoms with van der Waals surface area (Å²) in [5.74, 6) is 1.30. The molecule has 0 aliphatic carbocycles. The molecule has 0 bridgehead atoms. The van der Waals surface area contributed by atoms with Gasteiger partial charge < -0.3 is 20.3 Å². The summed E-state index contributed by atoms with van der Waals surface area (Å²) < 4.78 is 32.2. The number of aryl methyl sites for hydroxylation is 1. The molecule has 0 saturated carbocycles. The maximum absolute atomic E-state index is 12.9. The molecule has 2 aliphatic rings. The number of carbonyl (C=O) groups is 1. The van der Waals surface area contributed by atoms with E-state index < -0.39 is 15.1 Å². The SMILES string of the molecule is Cc1cc(Nc2ncc(Cl)c(Nc3ccccc3S(=O)(=O)C(C)C)n2)c2c(c1C1CN(C=O)CCN1C)CC(C)O2. The fourth-order valence-corrected chi connectivity index (χ4v) is 6.78. The second kappa shape index (κ2) is 11.5. The number of carbonyl (C=O) groups excluding carboxylic acids is 1. The molecule has 0 spiro atoms. The van der Waals surface area contributed by atoms with Crippen LogP contribution in [0.25, 0.3) is 0 Å². The fourth-order valence-electron chi connectivity index (χ4n) is 5.44. The minimum absolute atomic E-state index is 0.00931. The zero-order valence-corrected chi connectivity index (χ0v) is 25.4. The van der Waals surface area contributed by atoms with Gasteiger partial charge in [0, 0.05) is 31.6 Å². The van der Waals surface area contributed by atoms with E-state index in [-0.39, 0.29) is 33.8 Å². The molecule has 2 aromatic carbocycles. The molecular formula is C29H35ClN6O4S. The van der Waals surface area contributed by atoms with Crippen LogP contribution in [0.15, 0.2) is 41.4 Å². The molecule has 2 unspecified atom stereocenters. The van der Waals surface area contributed by atoms with E-state index in [1.807, 2.05) is 17.9 Å². The molecule has 10 nitrogen and oxygen atoms in total. The number of fused-ring (bicyclic) bond motifs is 1. The molecule has 1 amide bonds. The number of aromatic nitrogens is 2. The Morgan fingerprint density at radius 1 is 1.17 bits per heavy atom. The highest BCUT2D eigenvalue weighted by Gasteiger charge is 2.34. The van der Waals surface area contributed by atoms with Gasteiger partial charge in [-0.15, -0.1) is 0 Å². The predicted molar refractivity (Wildman–Crippen MR) is 160 cm³/mol. The number of nitrogens with one attached hydrogen (secondary N) is 2. The second-order valence-electron chi connectivity index (χ2n) is 10.9. The largest absolute Gasteiger partial charge is 0.488 e. The minimum Gasteiger partial charge on any atom is -0.488 e. The van der Waals surface area contributed by atoms with Gasteiger partial charge in [0.15, 0.2) is 15.7 Å². The van der Waals surface area contributed by atoms with Crippen molar-refractivity contribution in [3.05, 3.63) is 58.2 Å². The molecule has 1 saturated heterocycles. The van der Waals surface area contributed by atoms with E-state index in [2.05, 4.69) is 39.5 Å². The van der Waals surface area contributed by atoms with Crippen molar-refractivity contribution in [1.82, 2.24) is 19.8 Å². The van der Waals surface area contributed by atoms with Gasteiger partial charge in [-0.25, -0.2) is 13.4 Å². The van der Waals surface area contributed by atoms with Crippen molar-refractivity contribution in [2.75, 3.05) is 37.3 Å². The number of ether oxygens (including phenoxy) is 1. The monoisotopic (exact) mass is 598 g/mol. The molecule has 3 heterocycles. The summed E-state index contributed by atoms with van der Waals surface area (Å²) in [6.45, 7) is 9.52. The van der Waals surface area contributed by atoms with Crippen LogP contribution in [0.4, 0.5) is 23.1 Å². The predicted octanol–water partition coefficient (Wildman–Crippen LogP) is 4.88. The number of rotatable bonds is 8. The van der Waals surface area contributed by atoms with Crippen LogP contribution in [0.5, 0.6) is 5.75 Å². The first-order chi connectivity index (χ1) is 19.5. The summed E-state index contributed by atoms with van der Waals surface area (Å²) >= 11 is 6.44. The Morgan fingerprint density at radius 2 is 1.93 bits per heavy atom. The van der Waals surface area contributed by atoms with Crippen molar-refractivity contribution in [1.29, 1.82) is 0 Å². The lowest BCUT2D eigenvalue weighted by Crippen LogP contribution is -2.46. The molecule has 2 atom stereocenters. The maximum Gasteiger partial charge on any atom is 0.229 e. The number of amides is 1. The molecular weight excluding hydrogens is 564 g/mol. The van der Waals surface area contributed by atoms with Crippen molar-refractivity contribution < 1.29 is 17.9 Å². The van der Waals surface area contributed by atoms with Crippen LogP contribution in [0, 0.1) is 6.92 Å². The number of anilines is 4. The molecule has 5 rings (SSSR count). The number of likely N-dealkylation sites (N-methyl/N-ethyl adjacent to an activating group) is 1. The Bertz CT molecular complexity index is 1580. The number of piperazine rings is 1. The average Bonchev–Trinajstić information content (AvgIpc) is 3.33. The Labute approximate surface area is 246 Å². The Balaban J connectivity index is 1.48. The molecule has 0 radical (unpaired) electrons. The summed E-state index contributed by atoms with van der Waals surface area (Å²) in [6, 6.07) is 8.77. The van der Waals surface area contributed by atoms with Crippen LogP contribution in [-0.4, -0.2) is 72.6 Å². The highest BCUT2D eigenvalue weighted by atomic mass is 35.5. The summed E-state index contributed by atoms with van der Waals surface area (Å²) in [5, 5.41) is 6.05. The van der Waals surface area contributed by atoms with E-state index in [1.54, 1.807) is 38.1 Å². The van der Waals surface area contributed by atoms with E-state index in [4.69, 9.17) is 16.3 Å². The number of para-hydroxylation sites is 1. The van der Waals surface area contributed by atoms with E-state index in [9.17, 15) is 13.2 Å². The minimum atomic E-state index is -3.55. The van der Waals surface area contributed by atoms with Crippen molar-refractivity contribution >= 4 is 51.0 Å². The Morgan fingerprint density at radius 3 is 2.66 bits per heavy atom. The third kappa shape index (κ3) is 5.71. The lowest BCUT2D eigenvalue weighted by Gasteiger charge is -2.39. The van der Waals surface area contributed by atoms with Gasteiger partial charge in [-0.3, -0.25) is 9.69 Å². The Kier molecular flexibility index (Phi) is 8.13. The van der Waals surface area contributed by atoms with Gasteiger partial charge in [0.1, 0.15) is 16.9 Å². The fraction of sp³-hybridized carbons (Fsp3) is 0.414. The number of hydrogen-bond donors (Lipinski definition) is 2. The van der Waals surface area contributed by atoms with Crippen LogP contribution < -0.4 is 15.4 Å². The van der Waals surface area contributed by atoms with Crippen molar-refractivity contribution in [2.24, 2.45) is 0 Å². The van der Waals surface area contributed by atoms with Gasteiger partial charge >= 0.3 is 0 Å². The Hall–Kier alpha value is -3.41. The first-order valence-electron chi connectivity index (χ1n) is 13.6. The molecule has 41 heavy (non-hydrogen) atoms. The van der Waals surface area contributed by atoms with Crippen LogP contribution in [-0.2, 0) is 21.1 Å². The van der Waals surface area contributed by atoms with Crippen molar-refractivity contribution in [3.8, 4) is 5.75 Å². The topological polar surface area (TPSA) is 117 Å². The van der Waals surface area contributed by atoms with Crippen LogP contribution in [0.2, 0.25) is 5.02 Å². The second-order valence-corrected chi connectivity index (χ2v) is 13.8. The van der Waals surface area contributed by atoms with E-state index in [0.717, 1.165) is 41.9 Å². The van der Waals surface area contributed by atoms with Crippen molar-refractivity contribution in [3.63, 3.8) is 0 Å². The first-order valence-corrected chi connectivity index (χ1v) is 15.5. The lowest BCUT2D eigenvalue weighted by molar-refractivity contribution is -0.120. The smallest absolute Gasteiger partial charge is 0.229 e. The summed E-state index contributed by atoms with van der Waals surface area (Å²) in [7, 11) is -1.46. The summed E-state index contributed by atoms with van der Waals surface area (Å²) in [6.07, 6.45) is 3.13. The van der Waals surface area contributed by atoms with Gasteiger partial charge in [0.05, 0.1) is 33.8 Å². The zero-order chi connectivity index (χ0) is 29.5. The van der Waals surface area contributed by atoms with E-state index >= 15 is 0 Å². The normalized spacial score (nSPS) is 19.1. The number of hydrogen-bond acceptors (Lipinski definition) is 9. The van der Waals surface area contributed by atoms with E-state index in [0.29, 0.717) is 18.8 Å². The van der Waals surface area contributed by atoms with Crippen LogP contribution in [0.3, 0.4) is 0 Å². The third-order valence-corrected chi connectivity index (χ3v) is 10.1. The third-order valence-electron chi connectivity index (χ3n) is 7.66. The van der Waals surface area contributed by atoms with Crippen LogP contribution >= 0.6 is 11.6 Å². The number of benzene rings is 2. The molecule has 1 aromatic heterocycles. The highest BCUT2D eigenvalue weighted by Crippen LogP contribution is 2.45. The molecule has 218 valence electrons. The average molecular weight is 599 g/mol. The number of nitrogens with zero attached hydrogens (tertiary/aromatic N) is 4. The maximum atomic E-state index is 12.9. The number of halogens is 1. The van der Waals surface area contributed by atoms with Gasteiger partial charge in [0.25, 0.3) is 0 Å². The number of sulfone groups is 1. The quantitative estimate of drug-likeness (QED) is 0.350. The summed E-state index contributed by atoms with van der Waals surface area (Å²) in [4.78, 5) is 24.8. The van der Waals surface area contributed by atoms with Gasteiger partial charge in [-0.2, -0.15) is 4.98 Å². The van der Waals surface area contributed by atoms with Gasteiger partial charge in [-0.1, -0.05) is 23.7 Å². The molecule has 12 heteroatoms. The van der Waals surface area contributed by atoms with Gasteiger partial charge in [0.2, 0.25) is 12.4 Å². The van der Waals surface area contributed by atoms with Crippen LogP contribution in [0.1, 0.15) is 43.5 Å². The zero-order valence-electron chi connectivity index (χ0n) is 23.8. The highest BCUT2D eigenvalue weighted by molar-refractivity contribution is 7.92. The lowest BCUT2D eigenvalue weighted by atomic mass is 9.90.